The van der Waals surface area contributed by atoms with Gasteiger partial charge in [0.2, 0.25) is 5.91 Å². The lowest BCUT2D eigenvalue weighted by Crippen LogP contribution is -2.42. The number of aromatic nitrogens is 1. The summed E-state index contributed by atoms with van der Waals surface area (Å²) in [4.78, 5) is 14.1. The van der Waals surface area contributed by atoms with E-state index in [1.807, 2.05) is 31.6 Å². The molecule has 0 spiro atoms. The molecule has 1 fully saturated rings. The van der Waals surface area contributed by atoms with Gasteiger partial charge in [0.15, 0.2) is 0 Å². The molecule has 5 heteroatoms. The van der Waals surface area contributed by atoms with Crippen LogP contribution in [-0.4, -0.2) is 54.8 Å². The molecule has 0 unspecified atom stereocenters. The zero-order chi connectivity index (χ0) is 13.0. The van der Waals surface area contributed by atoms with Crippen LogP contribution in [0.25, 0.3) is 0 Å². The van der Waals surface area contributed by atoms with E-state index in [1.165, 1.54) is 0 Å². The molecule has 1 aliphatic heterocycles. The molecular weight excluding hydrogens is 230 g/mol. The first-order chi connectivity index (χ1) is 8.70. The number of rotatable bonds is 5. The highest BCUT2D eigenvalue weighted by atomic mass is 16.5. The van der Waals surface area contributed by atoms with E-state index in [2.05, 4.69) is 14.8 Å². The molecule has 1 amide bonds. The quantitative estimate of drug-likeness (QED) is 0.820. The van der Waals surface area contributed by atoms with Crippen LogP contribution in [0.5, 0.6) is 0 Å². The molecule has 2 atom stereocenters. The summed E-state index contributed by atoms with van der Waals surface area (Å²) in [6, 6.07) is 3.91. The lowest BCUT2D eigenvalue weighted by atomic mass is 10.2. The molecule has 0 saturated carbocycles. The Morgan fingerprint density at radius 2 is 2.17 bits per heavy atom. The number of likely N-dealkylation sites (N-methyl/N-ethyl adjacent to an activating group) is 1. The minimum Gasteiger partial charge on any atom is -0.380 e. The fourth-order valence-electron chi connectivity index (χ4n) is 2.38. The normalized spacial score (nSPS) is 24.3. The van der Waals surface area contributed by atoms with Crippen molar-refractivity contribution in [3.05, 3.63) is 24.5 Å². The van der Waals surface area contributed by atoms with Crippen LogP contribution >= 0.6 is 0 Å². The van der Waals surface area contributed by atoms with Gasteiger partial charge in [0, 0.05) is 39.1 Å². The topological polar surface area (TPSA) is 46.5 Å². The van der Waals surface area contributed by atoms with Gasteiger partial charge in [0.1, 0.15) is 0 Å². The highest BCUT2D eigenvalue weighted by molar-refractivity contribution is 5.82. The summed E-state index contributed by atoms with van der Waals surface area (Å²) in [5.74, 6) is 0.101. The maximum atomic E-state index is 12.0. The van der Waals surface area contributed by atoms with Gasteiger partial charge in [-0.25, -0.2) is 0 Å². The molecule has 0 aliphatic carbocycles. The maximum Gasteiger partial charge on any atom is 0.237 e. The molecule has 0 bridgehead atoms. The minimum atomic E-state index is -0.0559. The van der Waals surface area contributed by atoms with Crippen molar-refractivity contribution in [3.63, 3.8) is 0 Å². The third-order valence-electron chi connectivity index (χ3n) is 3.48. The molecular formula is C13H21N3O2. The number of ether oxygens (including phenoxy) is 1. The van der Waals surface area contributed by atoms with Crippen LogP contribution in [0, 0.1) is 0 Å². The Morgan fingerprint density at radius 3 is 2.78 bits per heavy atom. The van der Waals surface area contributed by atoms with Crippen molar-refractivity contribution >= 4 is 5.91 Å². The Labute approximate surface area is 108 Å². The van der Waals surface area contributed by atoms with Gasteiger partial charge in [-0.1, -0.05) is 0 Å². The van der Waals surface area contributed by atoms with E-state index >= 15 is 0 Å². The van der Waals surface area contributed by atoms with Gasteiger partial charge in [-0.2, -0.15) is 0 Å². The number of hydrogen-bond acceptors (Lipinski definition) is 3. The number of nitrogens with one attached hydrogen (secondary N) is 1. The molecule has 1 aromatic heterocycles. The van der Waals surface area contributed by atoms with Gasteiger partial charge in [-0.05, 0) is 25.6 Å². The first kappa shape index (κ1) is 13.1. The molecule has 100 valence electrons. The van der Waals surface area contributed by atoms with E-state index in [4.69, 9.17) is 4.74 Å². The maximum absolute atomic E-state index is 12.0. The van der Waals surface area contributed by atoms with Crippen LogP contribution in [0.4, 0.5) is 0 Å². The third-order valence-corrected chi connectivity index (χ3v) is 3.48. The first-order valence-electron chi connectivity index (χ1n) is 6.32. The number of nitrogens with zero attached hydrogens (tertiary/aromatic N) is 2. The number of carbonyl (C=O) groups excluding carboxylic acids is 1. The van der Waals surface area contributed by atoms with E-state index in [0.717, 1.165) is 19.5 Å². The summed E-state index contributed by atoms with van der Waals surface area (Å²) in [5, 5.41) is 2.98. The van der Waals surface area contributed by atoms with E-state index in [-0.39, 0.29) is 18.1 Å². The molecule has 5 nitrogen and oxygen atoms in total. The van der Waals surface area contributed by atoms with Gasteiger partial charge < -0.3 is 14.6 Å². The predicted octanol–water partition coefficient (Wildman–Crippen LogP) is 0.323. The van der Waals surface area contributed by atoms with Gasteiger partial charge in [-0.3, -0.25) is 9.69 Å². The van der Waals surface area contributed by atoms with Crippen LogP contribution in [0.2, 0.25) is 0 Å². The Balaban J connectivity index is 1.74. The second-order valence-corrected chi connectivity index (χ2v) is 4.76. The average molecular weight is 251 g/mol. The average Bonchev–Trinajstić information content (AvgIpc) is 2.98. The monoisotopic (exact) mass is 251 g/mol. The highest BCUT2D eigenvalue weighted by Crippen LogP contribution is 2.17. The van der Waals surface area contributed by atoms with Crippen molar-refractivity contribution in [2.24, 2.45) is 0 Å². The number of carbonyl (C=O) groups is 1. The number of methoxy groups -OCH3 is 1. The second-order valence-electron chi connectivity index (χ2n) is 4.76. The van der Waals surface area contributed by atoms with Crippen LogP contribution in [-0.2, 0) is 16.1 Å². The summed E-state index contributed by atoms with van der Waals surface area (Å²) < 4.78 is 7.35. The smallest absolute Gasteiger partial charge is 0.237 e. The molecule has 2 heterocycles. The van der Waals surface area contributed by atoms with Crippen molar-refractivity contribution < 1.29 is 9.53 Å². The molecule has 1 N–H and O–H groups in total. The van der Waals surface area contributed by atoms with Crippen molar-refractivity contribution in [2.45, 2.75) is 25.1 Å². The third kappa shape index (κ3) is 3.11. The fourth-order valence-corrected chi connectivity index (χ4v) is 2.38. The van der Waals surface area contributed by atoms with Crippen molar-refractivity contribution in [1.82, 2.24) is 14.8 Å². The van der Waals surface area contributed by atoms with Gasteiger partial charge >= 0.3 is 0 Å². The van der Waals surface area contributed by atoms with Crippen molar-refractivity contribution in [2.75, 3.05) is 27.2 Å². The Bertz CT molecular complexity index is 378. The van der Waals surface area contributed by atoms with Gasteiger partial charge in [0.05, 0.1) is 12.1 Å². The Morgan fingerprint density at radius 1 is 1.44 bits per heavy atom. The molecule has 1 aliphatic rings. The standard InChI is InChI=1S/C13H21N3O2/c1-15-10-11(18-2)9-12(15)13(17)14-5-8-16-6-3-4-7-16/h3-4,6-7,11-12H,5,8-10H2,1-2H3,(H,14,17)/t11-,12-/m0/s1. The first-order valence-corrected chi connectivity index (χ1v) is 6.32. The van der Waals surface area contributed by atoms with E-state index in [9.17, 15) is 4.79 Å². The molecule has 18 heavy (non-hydrogen) atoms. The van der Waals surface area contributed by atoms with E-state index < -0.39 is 0 Å². The largest absolute Gasteiger partial charge is 0.380 e. The van der Waals surface area contributed by atoms with Crippen LogP contribution in [0.3, 0.4) is 0 Å². The van der Waals surface area contributed by atoms with Crippen LogP contribution in [0.1, 0.15) is 6.42 Å². The zero-order valence-corrected chi connectivity index (χ0v) is 11.0. The van der Waals surface area contributed by atoms with Gasteiger partial charge in [0.25, 0.3) is 0 Å². The number of hydrogen-bond donors (Lipinski definition) is 1. The Hall–Kier alpha value is -1.33. The van der Waals surface area contributed by atoms with Crippen LogP contribution < -0.4 is 5.32 Å². The van der Waals surface area contributed by atoms with E-state index in [0.29, 0.717) is 6.54 Å². The summed E-state index contributed by atoms with van der Waals surface area (Å²) >= 11 is 0. The SMILES string of the molecule is CO[C@H]1C[C@@H](C(=O)NCCn2cccc2)N(C)C1. The molecule has 0 radical (unpaired) electrons. The minimum absolute atomic E-state index is 0.0559. The lowest BCUT2D eigenvalue weighted by Gasteiger charge is -2.18. The summed E-state index contributed by atoms with van der Waals surface area (Å²) in [6.45, 7) is 2.30. The Kier molecular flexibility index (Phi) is 4.38. The highest BCUT2D eigenvalue weighted by Gasteiger charge is 2.34. The fraction of sp³-hybridized carbons (Fsp3) is 0.615. The lowest BCUT2D eigenvalue weighted by molar-refractivity contribution is -0.125. The molecule has 0 aromatic carbocycles. The van der Waals surface area contributed by atoms with Gasteiger partial charge in [-0.15, -0.1) is 0 Å². The zero-order valence-electron chi connectivity index (χ0n) is 11.0. The summed E-state index contributed by atoms with van der Waals surface area (Å²) in [6.07, 6.45) is 4.95. The van der Waals surface area contributed by atoms with Crippen molar-refractivity contribution in [3.8, 4) is 0 Å². The molecule has 1 aromatic rings. The number of likely N-dealkylation sites (tertiary alicyclic amines) is 1. The predicted molar refractivity (Wildman–Crippen MR) is 69.3 cm³/mol. The molecule has 1 saturated heterocycles. The summed E-state index contributed by atoms with van der Waals surface area (Å²) in [5.41, 5.74) is 0. The number of amides is 1. The van der Waals surface area contributed by atoms with Crippen molar-refractivity contribution in [1.29, 1.82) is 0 Å². The molecule has 2 rings (SSSR count). The van der Waals surface area contributed by atoms with E-state index in [1.54, 1.807) is 7.11 Å². The summed E-state index contributed by atoms with van der Waals surface area (Å²) in [7, 11) is 3.67. The van der Waals surface area contributed by atoms with Crippen LogP contribution in [0.15, 0.2) is 24.5 Å². The second kappa shape index (κ2) is 6.02.